The maximum absolute atomic E-state index is 13.6. The van der Waals surface area contributed by atoms with Crippen molar-refractivity contribution in [3.05, 3.63) is 12.2 Å². The standard InChI is InChI=1S/C18H20F6O3/c1-26-15(25)27-16(17(19,20)21,18(22,23)24)7-11-5-10-6-12(11)14-9-3-2-8(4-9)13(10)14/h2-3,8-14H,4-7H2,1H3. The van der Waals surface area contributed by atoms with E-state index in [0.29, 0.717) is 31.8 Å². The second-order valence-corrected chi connectivity index (χ2v) is 8.34. The molecule has 3 fully saturated rings. The van der Waals surface area contributed by atoms with Crippen molar-refractivity contribution < 1.29 is 40.6 Å². The van der Waals surface area contributed by atoms with Gasteiger partial charge in [-0.2, -0.15) is 26.3 Å². The zero-order valence-corrected chi connectivity index (χ0v) is 14.5. The summed E-state index contributed by atoms with van der Waals surface area (Å²) in [6, 6.07) is 0. The smallest absolute Gasteiger partial charge is 0.438 e. The number of fused-ring (bicyclic) bond motifs is 9. The van der Waals surface area contributed by atoms with E-state index in [1.165, 1.54) is 0 Å². The highest BCUT2D eigenvalue weighted by atomic mass is 19.4. The fraction of sp³-hybridized carbons (Fsp3) is 0.833. The number of hydrogen-bond acceptors (Lipinski definition) is 3. The Kier molecular flexibility index (Phi) is 4.06. The predicted octanol–water partition coefficient (Wildman–Crippen LogP) is 5.12. The van der Waals surface area contributed by atoms with E-state index in [9.17, 15) is 31.1 Å². The van der Waals surface area contributed by atoms with Gasteiger partial charge in [0, 0.05) is 6.42 Å². The molecule has 0 aromatic carbocycles. The van der Waals surface area contributed by atoms with Crippen molar-refractivity contribution in [2.45, 2.75) is 43.6 Å². The molecule has 4 aliphatic rings. The molecule has 4 aliphatic carbocycles. The molecule has 7 unspecified atom stereocenters. The van der Waals surface area contributed by atoms with Crippen LogP contribution in [0.3, 0.4) is 0 Å². The van der Waals surface area contributed by atoms with Crippen LogP contribution in [0.25, 0.3) is 0 Å². The summed E-state index contributed by atoms with van der Waals surface area (Å²) in [5.41, 5.74) is -4.54. The Hall–Kier alpha value is -1.41. The van der Waals surface area contributed by atoms with E-state index in [1.807, 2.05) is 0 Å². The summed E-state index contributed by atoms with van der Waals surface area (Å²) < 4.78 is 89.6. The van der Waals surface area contributed by atoms with Crippen LogP contribution in [0.1, 0.15) is 25.7 Å². The molecule has 3 saturated carbocycles. The molecule has 0 aliphatic heterocycles. The molecule has 27 heavy (non-hydrogen) atoms. The third-order valence-corrected chi connectivity index (χ3v) is 7.30. The van der Waals surface area contributed by atoms with Crippen molar-refractivity contribution in [3.8, 4) is 0 Å². The minimum Gasteiger partial charge on any atom is -0.438 e. The van der Waals surface area contributed by atoms with Crippen LogP contribution >= 0.6 is 0 Å². The number of ether oxygens (including phenoxy) is 2. The van der Waals surface area contributed by atoms with Crippen molar-refractivity contribution in [1.29, 1.82) is 0 Å². The van der Waals surface area contributed by atoms with Gasteiger partial charge in [-0.05, 0) is 60.7 Å². The topological polar surface area (TPSA) is 35.5 Å². The van der Waals surface area contributed by atoms with E-state index in [2.05, 4.69) is 21.6 Å². The molecule has 4 bridgehead atoms. The van der Waals surface area contributed by atoms with Gasteiger partial charge in [0.15, 0.2) is 0 Å². The monoisotopic (exact) mass is 398 g/mol. The van der Waals surface area contributed by atoms with Gasteiger partial charge in [-0.1, -0.05) is 12.2 Å². The fourth-order valence-corrected chi connectivity index (χ4v) is 6.49. The van der Waals surface area contributed by atoms with E-state index < -0.39 is 36.4 Å². The van der Waals surface area contributed by atoms with Crippen LogP contribution < -0.4 is 0 Å². The summed E-state index contributed by atoms with van der Waals surface area (Å²) >= 11 is 0. The van der Waals surface area contributed by atoms with Crippen molar-refractivity contribution in [2.75, 3.05) is 7.11 Å². The SMILES string of the molecule is COC(=O)OC(CC1CC2CC1C1C3C=CC(C3)C21)(C(F)(F)F)C(F)(F)F. The molecule has 0 saturated heterocycles. The van der Waals surface area contributed by atoms with Crippen molar-refractivity contribution >= 4 is 6.16 Å². The van der Waals surface area contributed by atoms with E-state index >= 15 is 0 Å². The van der Waals surface area contributed by atoms with Crippen molar-refractivity contribution in [1.82, 2.24) is 0 Å². The molecule has 7 atom stereocenters. The van der Waals surface area contributed by atoms with Crippen molar-refractivity contribution in [3.63, 3.8) is 0 Å². The molecule has 152 valence electrons. The summed E-state index contributed by atoms with van der Waals surface area (Å²) in [7, 11) is 0.684. The molecule has 0 amide bonds. The molecule has 4 rings (SSSR count). The number of allylic oxidation sites excluding steroid dienone is 2. The third kappa shape index (κ3) is 2.59. The van der Waals surface area contributed by atoms with Gasteiger partial charge in [-0.25, -0.2) is 4.79 Å². The quantitative estimate of drug-likeness (QED) is 0.287. The average Bonchev–Trinajstić information content (AvgIpc) is 3.30. The molecule has 0 N–H and O–H groups in total. The van der Waals surface area contributed by atoms with E-state index in [0.717, 1.165) is 6.42 Å². The molecular formula is C18H20F6O3. The van der Waals surface area contributed by atoms with Crippen LogP contribution in [-0.2, 0) is 9.47 Å². The number of halogens is 6. The third-order valence-electron chi connectivity index (χ3n) is 7.30. The largest absolute Gasteiger partial charge is 0.509 e. The minimum absolute atomic E-state index is 0.154. The number of hydrogen-bond donors (Lipinski definition) is 0. The van der Waals surface area contributed by atoms with Gasteiger partial charge in [-0.3, -0.25) is 0 Å². The van der Waals surface area contributed by atoms with Gasteiger partial charge in [0.05, 0.1) is 7.11 Å². The zero-order valence-electron chi connectivity index (χ0n) is 14.5. The number of alkyl halides is 6. The van der Waals surface area contributed by atoms with Crippen LogP contribution in [0.5, 0.6) is 0 Å². The summed E-state index contributed by atoms with van der Waals surface area (Å²) in [4.78, 5) is 11.3. The molecule has 0 aromatic rings. The number of rotatable bonds is 3. The van der Waals surface area contributed by atoms with Crippen LogP contribution in [0, 0.1) is 41.4 Å². The first-order valence-corrected chi connectivity index (χ1v) is 9.07. The lowest BCUT2D eigenvalue weighted by atomic mass is 9.67. The van der Waals surface area contributed by atoms with Crippen LogP contribution in [-0.4, -0.2) is 31.2 Å². The fourth-order valence-electron chi connectivity index (χ4n) is 6.49. The summed E-state index contributed by atoms with van der Waals surface area (Å²) in [5.74, 6) is 0.391. The lowest BCUT2D eigenvalue weighted by Crippen LogP contribution is -2.61. The highest BCUT2D eigenvalue weighted by Gasteiger charge is 2.76. The maximum atomic E-state index is 13.6. The Bertz CT molecular complexity index is 640. The molecule has 0 aromatic heterocycles. The summed E-state index contributed by atoms with van der Waals surface area (Å²) in [5, 5.41) is 0. The molecule has 0 heterocycles. The highest BCUT2D eigenvalue weighted by Crippen LogP contribution is 2.68. The Morgan fingerprint density at radius 3 is 2.11 bits per heavy atom. The molecular weight excluding hydrogens is 378 g/mol. The highest BCUT2D eigenvalue weighted by molar-refractivity contribution is 5.60. The van der Waals surface area contributed by atoms with Gasteiger partial charge in [-0.15, -0.1) is 0 Å². The molecule has 3 nitrogen and oxygen atoms in total. The summed E-state index contributed by atoms with van der Waals surface area (Å²) in [6.45, 7) is 0. The Morgan fingerprint density at radius 2 is 1.56 bits per heavy atom. The lowest BCUT2D eigenvalue weighted by molar-refractivity contribution is -0.373. The Morgan fingerprint density at radius 1 is 0.963 bits per heavy atom. The first kappa shape index (κ1) is 18.9. The van der Waals surface area contributed by atoms with E-state index in [-0.39, 0.29) is 23.7 Å². The normalized spacial score (nSPS) is 39.7. The maximum Gasteiger partial charge on any atom is 0.509 e. The van der Waals surface area contributed by atoms with Gasteiger partial charge < -0.3 is 9.47 Å². The molecule has 9 heteroatoms. The van der Waals surface area contributed by atoms with Gasteiger partial charge in [0.1, 0.15) is 0 Å². The first-order chi connectivity index (χ1) is 12.5. The zero-order chi connectivity index (χ0) is 19.8. The van der Waals surface area contributed by atoms with Gasteiger partial charge in [0.25, 0.3) is 0 Å². The molecule has 0 spiro atoms. The van der Waals surface area contributed by atoms with E-state index in [4.69, 9.17) is 0 Å². The summed E-state index contributed by atoms with van der Waals surface area (Å²) in [6.07, 6.45) is -8.68. The first-order valence-electron chi connectivity index (χ1n) is 9.07. The minimum atomic E-state index is -5.78. The second kappa shape index (κ2) is 5.80. The average molecular weight is 398 g/mol. The van der Waals surface area contributed by atoms with Crippen LogP contribution in [0.4, 0.5) is 31.1 Å². The molecule has 0 radical (unpaired) electrons. The predicted molar refractivity (Wildman–Crippen MR) is 80.4 cm³/mol. The van der Waals surface area contributed by atoms with Crippen molar-refractivity contribution in [2.24, 2.45) is 41.4 Å². The van der Waals surface area contributed by atoms with Gasteiger partial charge >= 0.3 is 24.1 Å². The van der Waals surface area contributed by atoms with E-state index in [1.54, 1.807) is 0 Å². The Balaban J connectivity index is 1.63. The van der Waals surface area contributed by atoms with Gasteiger partial charge in [0.2, 0.25) is 0 Å². The van der Waals surface area contributed by atoms with Crippen LogP contribution in [0.15, 0.2) is 12.2 Å². The Labute approximate surface area is 152 Å². The number of carbonyl (C=O) groups is 1. The number of carbonyl (C=O) groups excluding carboxylic acids is 1. The second-order valence-electron chi connectivity index (χ2n) is 8.34. The van der Waals surface area contributed by atoms with Crippen LogP contribution in [0.2, 0.25) is 0 Å². The number of methoxy groups -OCH3 is 1. The lowest BCUT2D eigenvalue weighted by Gasteiger charge is -2.42.